The fraction of sp³-hybridized carbons (Fsp3) is 0.647. The van der Waals surface area contributed by atoms with E-state index in [1.54, 1.807) is 0 Å². The molecule has 0 spiro atoms. The smallest absolute Gasteiger partial charge is 0.0307 e. The summed E-state index contributed by atoms with van der Waals surface area (Å²) in [7, 11) is 0. The highest BCUT2D eigenvalue weighted by Crippen LogP contribution is 2.19. The molecule has 1 fully saturated rings. The van der Waals surface area contributed by atoms with E-state index in [9.17, 15) is 0 Å². The van der Waals surface area contributed by atoms with Crippen LogP contribution in [0.25, 0.3) is 0 Å². The summed E-state index contributed by atoms with van der Waals surface area (Å²) < 4.78 is 1.11. The van der Waals surface area contributed by atoms with Gasteiger partial charge in [-0.1, -0.05) is 41.9 Å². The fourth-order valence-corrected chi connectivity index (χ4v) is 3.35. The third kappa shape index (κ3) is 5.70. The molecule has 1 aromatic rings. The second-order valence-electron chi connectivity index (χ2n) is 6.49. The van der Waals surface area contributed by atoms with Crippen LogP contribution in [0.1, 0.15) is 31.9 Å². The van der Waals surface area contributed by atoms with E-state index in [0.29, 0.717) is 0 Å². The standard InChI is InChI=1S/C17H28BrN3/c1-14(2)13-21-10-8-20(9-11-21)7-6-17(19)15-4-3-5-16(18)12-15/h3-5,12,14,17H,6-11,13,19H2,1-2H3. The van der Waals surface area contributed by atoms with Crippen molar-refractivity contribution < 1.29 is 0 Å². The molecule has 118 valence electrons. The van der Waals surface area contributed by atoms with Crippen molar-refractivity contribution in [3.05, 3.63) is 34.3 Å². The highest BCUT2D eigenvalue weighted by Gasteiger charge is 2.18. The van der Waals surface area contributed by atoms with Gasteiger partial charge in [-0.05, 0) is 30.0 Å². The van der Waals surface area contributed by atoms with E-state index in [1.165, 1.54) is 38.3 Å². The minimum absolute atomic E-state index is 0.135. The van der Waals surface area contributed by atoms with Crippen molar-refractivity contribution in [2.45, 2.75) is 26.3 Å². The van der Waals surface area contributed by atoms with Crippen LogP contribution >= 0.6 is 15.9 Å². The summed E-state index contributed by atoms with van der Waals surface area (Å²) in [4.78, 5) is 5.13. The van der Waals surface area contributed by atoms with Crippen LogP contribution in [0.4, 0.5) is 0 Å². The Morgan fingerprint density at radius 2 is 1.81 bits per heavy atom. The molecule has 21 heavy (non-hydrogen) atoms. The summed E-state index contributed by atoms with van der Waals surface area (Å²) in [6.45, 7) is 11.7. The molecule has 1 unspecified atom stereocenters. The van der Waals surface area contributed by atoms with Crippen LogP contribution in [0.2, 0.25) is 0 Å². The number of rotatable bonds is 6. The van der Waals surface area contributed by atoms with Crippen LogP contribution in [-0.4, -0.2) is 49.1 Å². The highest BCUT2D eigenvalue weighted by atomic mass is 79.9. The van der Waals surface area contributed by atoms with Gasteiger partial charge >= 0.3 is 0 Å². The van der Waals surface area contributed by atoms with E-state index in [2.05, 4.69) is 57.8 Å². The van der Waals surface area contributed by atoms with Gasteiger partial charge in [-0.2, -0.15) is 0 Å². The first-order chi connectivity index (χ1) is 10.0. The van der Waals surface area contributed by atoms with Crippen LogP contribution in [-0.2, 0) is 0 Å². The Hall–Kier alpha value is -0.420. The molecule has 1 aliphatic rings. The normalized spacial score (nSPS) is 19.1. The van der Waals surface area contributed by atoms with Crippen molar-refractivity contribution >= 4 is 15.9 Å². The van der Waals surface area contributed by atoms with E-state index < -0.39 is 0 Å². The number of hydrogen-bond acceptors (Lipinski definition) is 3. The summed E-state index contributed by atoms with van der Waals surface area (Å²) in [5.74, 6) is 0.765. The summed E-state index contributed by atoms with van der Waals surface area (Å²) in [6, 6.07) is 8.49. The maximum Gasteiger partial charge on any atom is 0.0307 e. The van der Waals surface area contributed by atoms with Crippen LogP contribution < -0.4 is 5.73 Å². The molecule has 0 bridgehead atoms. The summed E-state index contributed by atoms with van der Waals surface area (Å²) >= 11 is 3.51. The first kappa shape index (κ1) is 16.9. The largest absolute Gasteiger partial charge is 0.324 e. The lowest BCUT2D eigenvalue weighted by molar-refractivity contribution is 0.120. The SMILES string of the molecule is CC(C)CN1CCN(CCC(N)c2cccc(Br)c2)CC1. The zero-order chi connectivity index (χ0) is 15.2. The number of benzene rings is 1. The fourth-order valence-electron chi connectivity index (χ4n) is 2.94. The number of piperazine rings is 1. The summed E-state index contributed by atoms with van der Waals surface area (Å²) in [5, 5.41) is 0. The Morgan fingerprint density at radius 1 is 1.14 bits per heavy atom. The van der Waals surface area contributed by atoms with Gasteiger partial charge in [0.25, 0.3) is 0 Å². The van der Waals surface area contributed by atoms with Crippen molar-refractivity contribution in [2.75, 3.05) is 39.3 Å². The molecule has 1 saturated heterocycles. The lowest BCUT2D eigenvalue weighted by Crippen LogP contribution is -2.47. The zero-order valence-corrected chi connectivity index (χ0v) is 14.8. The Balaban J connectivity index is 1.72. The van der Waals surface area contributed by atoms with Crippen molar-refractivity contribution in [3.63, 3.8) is 0 Å². The minimum atomic E-state index is 0.135. The topological polar surface area (TPSA) is 32.5 Å². The molecule has 1 atom stereocenters. The van der Waals surface area contributed by atoms with E-state index >= 15 is 0 Å². The second-order valence-corrected chi connectivity index (χ2v) is 7.40. The maximum absolute atomic E-state index is 6.32. The van der Waals surface area contributed by atoms with Gasteiger partial charge in [0, 0.05) is 49.8 Å². The van der Waals surface area contributed by atoms with Crippen molar-refractivity contribution in [1.29, 1.82) is 0 Å². The molecule has 4 heteroatoms. The van der Waals surface area contributed by atoms with Crippen LogP contribution in [0.5, 0.6) is 0 Å². The Morgan fingerprint density at radius 3 is 2.43 bits per heavy atom. The highest BCUT2D eigenvalue weighted by molar-refractivity contribution is 9.10. The van der Waals surface area contributed by atoms with E-state index in [1.807, 2.05) is 6.07 Å². The predicted molar refractivity (Wildman–Crippen MR) is 93.4 cm³/mol. The van der Waals surface area contributed by atoms with E-state index in [-0.39, 0.29) is 6.04 Å². The molecule has 1 heterocycles. The predicted octanol–water partition coefficient (Wildman–Crippen LogP) is 3.11. The van der Waals surface area contributed by atoms with Gasteiger partial charge in [-0.25, -0.2) is 0 Å². The average molecular weight is 354 g/mol. The molecule has 0 radical (unpaired) electrons. The Kier molecular flexibility index (Phi) is 6.68. The molecule has 1 aromatic carbocycles. The quantitative estimate of drug-likeness (QED) is 0.852. The van der Waals surface area contributed by atoms with Crippen LogP contribution in [0.15, 0.2) is 28.7 Å². The average Bonchev–Trinajstić information content (AvgIpc) is 2.45. The second kappa shape index (κ2) is 8.28. The first-order valence-corrected chi connectivity index (χ1v) is 8.79. The van der Waals surface area contributed by atoms with Crippen LogP contribution in [0.3, 0.4) is 0 Å². The molecule has 0 saturated carbocycles. The Bertz CT molecular complexity index is 428. The van der Waals surface area contributed by atoms with Crippen molar-refractivity contribution in [1.82, 2.24) is 9.80 Å². The maximum atomic E-state index is 6.32. The molecule has 2 N–H and O–H groups in total. The number of nitrogens with zero attached hydrogens (tertiary/aromatic N) is 2. The third-order valence-corrected chi connectivity index (χ3v) is 4.61. The van der Waals surface area contributed by atoms with Crippen molar-refractivity contribution in [2.24, 2.45) is 11.7 Å². The molecule has 0 aliphatic carbocycles. The van der Waals surface area contributed by atoms with Gasteiger partial charge < -0.3 is 15.5 Å². The van der Waals surface area contributed by atoms with Gasteiger partial charge in [0.05, 0.1) is 0 Å². The van der Waals surface area contributed by atoms with Gasteiger partial charge in [0.15, 0.2) is 0 Å². The monoisotopic (exact) mass is 353 g/mol. The first-order valence-electron chi connectivity index (χ1n) is 8.00. The lowest BCUT2D eigenvalue weighted by atomic mass is 10.0. The molecule has 2 rings (SSSR count). The van der Waals surface area contributed by atoms with Gasteiger partial charge in [0.2, 0.25) is 0 Å². The Labute approximate surface area is 137 Å². The van der Waals surface area contributed by atoms with Crippen LogP contribution in [0, 0.1) is 5.92 Å². The number of nitrogens with two attached hydrogens (primary N) is 1. The van der Waals surface area contributed by atoms with E-state index in [4.69, 9.17) is 5.73 Å². The zero-order valence-electron chi connectivity index (χ0n) is 13.3. The van der Waals surface area contributed by atoms with Gasteiger partial charge in [0.1, 0.15) is 0 Å². The molecular weight excluding hydrogens is 326 g/mol. The summed E-state index contributed by atoms with van der Waals surface area (Å²) in [6.07, 6.45) is 1.03. The molecule has 0 amide bonds. The van der Waals surface area contributed by atoms with E-state index in [0.717, 1.165) is 23.4 Å². The minimum Gasteiger partial charge on any atom is -0.324 e. The van der Waals surface area contributed by atoms with Gasteiger partial charge in [-0.3, -0.25) is 0 Å². The molecule has 0 aromatic heterocycles. The number of hydrogen-bond donors (Lipinski definition) is 1. The van der Waals surface area contributed by atoms with Crippen molar-refractivity contribution in [3.8, 4) is 0 Å². The van der Waals surface area contributed by atoms with Gasteiger partial charge in [-0.15, -0.1) is 0 Å². The molecular formula is C17H28BrN3. The molecule has 3 nitrogen and oxygen atoms in total. The molecule has 1 aliphatic heterocycles. The summed E-state index contributed by atoms with van der Waals surface area (Å²) in [5.41, 5.74) is 7.54. The number of halogens is 1. The lowest BCUT2D eigenvalue weighted by Gasteiger charge is -2.35. The third-order valence-electron chi connectivity index (χ3n) is 4.12.